The van der Waals surface area contributed by atoms with Crippen molar-refractivity contribution in [3.63, 3.8) is 0 Å². The maximum absolute atomic E-state index is 13.2. The van der Waals surface area contributed by atoms with E-state index in [0.717, 1.165) is 5.56 Å². The van der Waals surface area contributed by atoms with Gasteiger partial charge in [-0.05, 0) is 74.9 Å². The van der Waals surface area contributed by atoms with Crippen LogP contribution in [0.3, 0.4) is 0 Å². The average molecular weight is 521 g/mol. The number of nitrogens with one attached hydrogen (secondary N) is 3. The van der Waals surface area contributed by atoms with E-state index >= 15 is 0 Å². The minimum absolute atomic E-state index is 0.0630. The lowest BCUT2D eigenvalue weighted by molar-refractivity contribution is -0.139. The van der Waals surface area contributed by atoms with Gasteiger partial charge in [-0.15, -0.1) is 0 Å². The number of amidine groups is 1. The Labute approximate surface area is 220 Å². The van der Waals surface area contributed by atoms with Gasteiger partial charge in [0.25, 0.3) is 5.91 Å². The summed E-state index contributed by atoms with van der Waals surface area (Å²) in [6, 6.07) is 15.3. The van der Waals surface area contributed by atoms with E-state index < -0.39 is 12.6 Å². The Bertz CT molecular complexity index is 1320. The number of carbonyl (C=O) groups excluding carboxylic acids is 1. The molecule has 0 unspecified atom stereocenters. The second kappa shape index (κ2) is 12.6. The molecule has 0 aliphatic carbocycles. The molecular weight excluding hydrogens is 488 g/mol. The topological polar surface area (TPSA) is 167 Å². The van der Waals surface area contributed by atoms with Crippen LogP contribution in [-0.4, -0.2) is 40.6 Å². The molecule has 10 heteroatoms. The number of hydrogen-bond donors (Lipinski definition) is 6. The van der Waals surface area contributed by atoms with E-state index in [1.807, 2.05) is 26.8 Å². The van der Waals surface area contributed by atoms with E-state index in [0.29, 0.717) is 39.4 Å². The molecule has 7 N–H and O–H groups in total. The molecule has 0 fully saturated rings. The van der Waals surface area contributed by atoms with Crippen molar-refractivity contribution in [1.82, 2.24) is 0 Å². The number of hydrogen-bond acceptors (Lipinski definition) is 7. The summed E-state index contributed by atoms with van der Waals surface area (Å²) < 4.78 is 11.4. The zero-order valence-electron chi connectivity index (χ0n) is 21.5. The molecule has 1 amide bonds. The van der Waals surface area contributed by atoms with Crippen molar-refractivity contribution in [3.05, 3.63) is 82.4 Å². The number of anilines is 2. The number of amides is 1. The van der Waals surface area contributed by atoms with Crippen LogP contribution in [-0.2, 0) is 17.9 Å². The number of nitrogens with two attached hydrogens (primary N) is 1. The number of aryl methyl sites for hydroxylation is 1. The molecule has 10 nitrogen and oxygen atoms in total. The van der Waals surface area contributed by atoms with Gasteiger partial charge in [-0.1, -0.05) is 11.6 Å². The predicted octanol–water partition coefficient (Wildman–Crippen LogP) is 3.89. The molecule has 0 bridgehead atoms. The second-order valence-corrected chi connectivity index (χ2v) is 8.94. The van der Waals surface area contributed by atoms with Crippen LogP contribution in [0.5, 0.6) is 11.5 Å². The van der Waals surface area contributed by atoms with Gasteiger partial charge in [0, 0.05) is 29.0 Å². The molecule has 0 aliphatic rings. The molecule has 3 rings (SSSR count). The fourth-order valence-electron chi connectivity index (χ4n) is 3.71. The van der Waals surface area contributed by atoms with Crippen LogP contribution < -0.4 is 25.8 Å². The number of carboxylic acid groups (broad SMARTS) is 1. The number of carboxylic acids is 1. The quantitative estimate of drug-likeness (QED) is 0.154. The standard InChI is InChI=1S/C28H32N4O6/c1-16(2)38-24-12-18(14-33)11-20(26(24)37-15-25(34)35)13-31-23-9-4-17(3)10-22(23)28(36)32-21-7-5-19(6-8-21)27(29)30/h4-12,16,31,33H,13-15H2,1-3H3,(H3,29,30)(H,32,36)(H,34,35). The molecule has 0 saturated carbocycles. The van der Waals surface area contributed by atoms with Gasteiger partial charge in [-0.3, -0.25) is 10.2 Å². The van der Waals surface area contributed by atoms with Crippen molar-refractivity contribution in [2.45, 2.75) is 40.0 Å². The molecule has 3 aromatic carbocycles. The monoisotopic (exact) mass is 520 g/mol. The molecule has 0 radical (unpaired) electrons. The fourth-order valence-corrected chi connectivity index (χ4v) is 3.71. The highest BCUT2D eigenvalue weighted by atomic mass is 16.5. The van der Waals surface area contributed by atoms with Crippen LogP contribution in [0, 0.1) is 12.3 Å². The maximum Gasteiger partial charge on any atom is 0.341 e. The third-order valence-electron chi connectivity index (χ3n) is 5.42. The molecule has 0 aliphatic heterocycles. The first-order chi connectivity index (χ1) is 18.1. The summed E-state index contributed by atoms with van der Waals surface area (Å²) in [6.45, 7) is 4.88. The average Bonchev–Trinajstić information content (AvgIpc) is 2.86. The summed E-state index contributed by atoms with van der Waals surface area (Å²) >= 11 is 0. The molecule has 0 saturated heterocycles. The minimum Gasteiger partial charge on any atom is -0.487 e. The first kappa shape index (κ1) is 28.0. The third-order valence-corrected chi connectivity index (χ3v) is 5.42. The van der Waals surface area contributed by atoms with Crippen molar-refractivity contribution in [1.29, 1.82) is 5.41 Å². The summed E-state index contributed by atoms with van der Waals surface area (Å²) in [5, 5.41) is 32.5. The van der Waals surface area contributed by atoms with Gasteiger partial charge in [-0.2, -0.15) is 0 Å². The van der Waals surface area contributed by atoms with Crippen molar-refractivity contribution in [2.24, 2.45) is 5.73 Å². The number of aliphatic carboxylic acids is 1. The first-order valence-electron chi connectivity index (χ1n) is 12.0. The van der Waals surface area contributed by atoms with Crippen LogP contribution in [0.2, 0.25) is 0 Å². The Balaban J connectivity index is 1.90. The van der Waals surface area contributed by atoms with Crippen LogP contribution >= 0.6 is 0 Å². The Morgan fingerprint density at radius 2 is 1.79 bits per heavy atom. The number of aliphatic hydroxyl groups is 1. The predicted molar refractivity (Wildman–Crippen MR) is 145 cm³/mol. The van der Waals surface area contributed by atoms with Gasteiger partial charge in [0.1, 0.15) is 5.84 Å². The lowest BCUT2D eigenvalue weighted by Gasteiger charge is -2.20. The highest BCUT2D eigenvalue weighted by Gasteiger charge is 2.18. The van der Waals surface area contributed by atoms with Crippen LogP contribution in [0.15, 0.2) is 54.6 Å². The van der Waals surface area contributed by atoms with Crippen molar-refractivity contribution >= 4 is 29.1 Å². The van der Waals surface area contributed by atoms with E-state index in [4.69, 9.17) is 25.7 Å². The lowest BCUT2D eigenvalue weighted by atomic mass is 10.1. The number of carbonyl (C=O) groups is 2. The highest BCUT2D eigenvalue weighted by molar-refractivity contribution is 6.08. The van der Waals surface area contributed by atoms with E-state index in [1.54, 1.807) is 48.5 Å². The summed E-state index contributed by atoms with van der Waals surface area (Å²) in [5.41, 5.74) is 9.53. The fraction of sp³-hybridized carbons (Fsp3) is 0.250. The van der Waals surface area contributed by atoms with Crippen molar-refractivity contribution in [2.75, 3.05) is 17.2 Å². The Hall–Kier alpha value is -4.57. The molecular formula is C28H32N4O6. The molecule has 3 aromatic rings. The normalized spacial score (nSPS) is 10.7. The number of aliphatic hydroxyl groups excluding tert-OH is 1. The zero-order chi connectivity index (χ0) is 27.8. The van der Waals surface area contributed by atoms with Gasteiger partial charge < -0.3 is 36.1 Å². The van der Waals surface area contributed by atoms with Crippen LogP contribution in [0.25, 0.3) is 0 Å². The van der Waals surface area contributed by atoms with Crippen LogP contribution in [0.4, 0.5) is 11.4 Å². The van der Waals surface area contributed by atoms with Crippen LogP contribution in [0.1, 0.15) is 46.5 Å². The Kier molecular flexibility index (Phi) is 9.28. The summed E-state index contributed by atoms with van der Waals surface area (Å²) in [6.07, 6.45) is -0.214. The molecule has 38 heavy (non-hydrogen) atoms. The lowest BCUT2D eigenvalue weighted by Crippen LogP contribution is -2.17. The first-order valence-corrected chi connectivity index (χ1v) is 12.0. The molecule has 200 valence electrons. The van der Waals surface area contributed by atoms with Gasteiger partial charge in [0.05, 0.1) is 18.3 Å². The largest absolute Gasteiger partial charge is 0.487 e. The van der Waals surface area contributed by atoms with E-state index in [-0.39, 0.29) is 36.7 Å². The third kappa shape index (κ3) is 7.47. The molecule has 0 spiro atoms. The number of ether oxygens (including phenoxy) is 2. The number of rotatable bonds is 12. The van der Waals surface area contributed by atoms with Gasteiger partial charge in [-0.25, -0.2) is 4.79 Å². The number of nitrogen functional groups attached to an aromatic ring is 1. The Morgan fingerprint density at radius 3 is 2.39 bits per heavy atom. The van der Waals surface area contributed by atoms with Gasteiger partial charge in [0.15, 0.2) is 18.1 Å². The van der Waals surface area contributed by atoms with Crippen molar-refractivity contribution in [3.8, 4) is 11.5 Å². The Morgan fingerprint density at radius 1 is 1.08 bits per heavy atom. The van der Waals surface area contributed by atoms with E-state index in [1.165, 1.54) is 0 Å². The summed E-state index contributed by atoms with van der Waals surface area (Å²) in [5.74, 6) is -0.983. The molecule has 0 atom stereocenters. The summed E-state index contributed by atoms with van der Waals surface area (Å²) in [7, 11) is 0. The smallest absolute Gasteiger partial charge is 0.341 e. The van der Waals surface area contributed by atoms with Gasteiger partial charge in [0.2, 0.25) is 0 Å². The van der Waals surface area contributed by atoms with Crippen molar-refractivity contribution < 1.29 is 29.3 Å². The maximum atomic E-state index is 13.2. The SMILES string of the molecule is Cc1ccc(NCc2cc(CO)cc(OC(C)C)c2OCC(=O)O)c(C(=O)Nc2ccc(C(=N)N)cc2)c1. The minimum atomic E-state index is -1.14. The second-order valence-electron chi connectivity index (χ2n) is 8.94. The zero-order valence-corrected chi connectivity index (χ0v) is 21.5. The van der Waals surface area contributed by atoms with E-state index in [2.05, 4.69) is 10.6 Å². The van der Waals surface area contributed by atoms with E-state index in [9.17, 15) is 14.7 Å². The number of benzene rings is 3. The highest BCUT2D eigenvalue weighted by Crippen LogP contribution is 2.35. The summed E-state index contributed by atoms with van der Waals surface area (Å²) in [4.78, 5) is 24.4. The van der Waals surface area contributed by atoms with Gasteiger partial charge >= 0.3 is 5.97 Å². The molecule has 0 aromatic heterocycles. The molecule has 0 heterocycles.